The van der Waals surface area contributed by atoms with E-state index in [4.69, 9.17) is 9.84 Å². The van der Waals surface area contributed by atoms with Crippen LogP contribution in [0.4, 0.5) is 0 Å². The normalized spacial score (nSPS) is 11.4. The highest BCUT2D eigenvalue weighted by molar-refractivity contribution is 7.89. The molecule has 0 unspecified atom stereocenters. The van der Waals surface area contributed by atoms with Gasteiger partial charge in [-0.05, 0) is 18.1 Å². The fraction of sp³-hybridized carbons (Fsp3) is 0.462. The van der Waals surface area contributed by atoms with Crippen molar-refractivity contribution in [2.45, 2.75) is 26.5 Å². The van der Waals surface area contributed by atoms with Crippen LogP contribution in [0.1, 0.15) is 24.5 Å². The van der Waals surface area contributed by atoms with E-state index in [1.165, 1.54) is 0 Å². The Balaban J connectivity index is 2.62. The number of rotatable bonds is 9. The zero-order chi connectivity index (χ0) is 15.0. The van der Waals surface area contributed by atoms with Crippen LogP contribution < -0.4 is 4.72 Å². The topological polar surface area (TPSA) is 92.7 Å². The number of hydrogen-bond acceptors (Lipinski definition) is 4. The maximum atomic E-state index is 11.6. The second-order valence-electron chi connectivity index (χ2n) is 4.19. The van der Waals surface area contributed by atoms with Gasteiger partial charge >= 0.3 is 5.97 Å². The van der Waals surface area contributed by atoms with Gasteiger partial charge in [0.15, 0.2) is 0 Å². The van der Waals surface area contributed by atoms with Crippen molar-refractivity contribution in [3.63, 3.8) is 0 Å². The van der Waals surface area contributed by atoms with Crippen molar-refractivity contribution in [2.75, 3.05) is 12.4 Å². The lowest BCUT2D eigenvalue weighted by Gasteiger charge is -2.10. The maximum absolute atomic E-state index is 11.6. The first-order chi connectivity index (χ1) is 9.44. The van der Waals surface area contributed by atoms with Crippen molar-refractivity contribution in [1.29, 1.82) is 0 Å². The van der Waals surface area contributed by atoms with E-state index in [1.807, 2.05) is 31.2 Å². The smallest absolute Gasteiger partial charge is 0.304 e. The molecule has 1 rings (SSSR count). The number of sulfonamides is 1. The van der Waals surface area contributed by atoms with Gasteiger partial charge in [0.1, 0.15) is 0 Å². The second kappa shape index (κ2) is 7.98. The first kappa shape index (κ1) is 16.6. The van der Waals surface area contributed by atoms with Crippen molar-refractivity contribution in [3.8, 4) is 0 Å². The number of benzene rings is 1. The molecule has 0 atom stereocenters. The largest absolute Gasteiger partial charge is 0.481 e. The minimum atomic E-state index is -3.58. The molecule has 0 aromatic heterocycles. The Labute approximate surface area is 118 Å². The predicted molar refractivity (Wildman–Crippen MR) is 74.7 cm³/mol. The molecule has 0 saturated carbocycles. The standard InChI is InChI=1S/C13H19NO5S/c1-2-19-10-12-6-4-3-5-11(12)9-14-20(17,18)8-7-13(15)16/h3-6,14H,2,7-10H2,1H3,(H,15,16). The number of carbonyl (C=O) groups is 1. The van der Waals surface area contributed by atoms with Crippen LogP contribution in [-0.4, -0.2) is 31.9 Å². The molecule has 20 heavy (non-hydrogen) atoms. The number of aliphatic carboxylic acids is 1. The summed E-state index contributed by atoms with van der Waals surface area (Å²) in [6.07, 6.45) is -0.407. The fourth-order valence-corrected chi connectivity index (χ4v) is 2.53. The minimum absolute atomic E-state index is 0.130. The molecule has 0 radical (unpaired) electrons. The Kier molecular flexibility index (Phi) is 6.63. The zero-order valence-electron chi connectivity index (χ0n) is 11.3. The zero-order valence-corrected chi connectivity index (χ0v) is 12.1. The monoisotopic (exact) mass is 301 g/mol. The molecule has 6 nitrogen and oxygen atoms in total. The summed E-state index contributed by atoms with van der Waals surface area (Å²) in [6, 6.07) is 7.36. The van der Waals surface area contributed by atoms with Crippen molar-refractivity contribution in [1.82, 2.24) is 4.72 Å². The summed E-state index contributed by atoms with van der Waals surface area (Å²) in [5, 5.41) is 8.49. The van der Waals surface area contributed by atoms with Crippen LogP contribution in [0.3, 0.4) is 0 Å². The van der Waals surface area contributed by atoms with E-state index < -0.39 is 28.2 Å². The van der Waals surface area contributed by atoms with Crippen LogP contribution in [-0.2, 0) is 32.7 Å². The summed E-state index contributed by atoms with van der Waals surface area (Å²) >= 11 is 0. The summed E-state index contributed by atoms with van der Waals surface area (Å²) in [5.41, 5.74) is 1.73. The van der Waals surface area contributed by atoms with Gasteiger partial charge in [-0.15, -0.1) is 0 Å². The van der Waals surface area contributed by atoms with Gasteiger partial charge in [0.25, 0.3) is 0 Å². The molecule has 1 aromatic carbocycles. The summed E-state index contributed by atoms with van der Waals surface area (Å²) in [6.45, 7) is 3.02. The van der Waals surface area contributed by atoms with E-state index in [1.54, 1.807) is 0 Å². The van der Waals surface area contributed by atoms with Crippen LogP contribution in [0.25, 0.3) is 0 Å². The van der Waals surface area contributed by atoms with Gasteiger partial charge in [0.05, 0.1) is 18.8 Å². The van der Waals surface area contributed by atoms with Crippen LogP contribution in [0.15, 0.2) is 24.3 Å². The van der Waals surface area contributed by atoms with E-state index in [0.29, 0.717) is 13.2 Å². The second-order valence-corrected chi connectivity index (χ2v) is 6.12. The van der Waals surface area contributed by atoms with Gasteiger partial charge in [-0.25, -0.2) is 13.1 Å². The Bertz CT molecular complexity index is 541. The van der Waals surface area contributed by atoms with Gasteiger partial charge in [0, 0.05) is 13.2 Å². The van der Waals surface area contributed by atoms with Gasteiger partial charge in [-0.1, -0.05) is 24.3 Å². The molecular weight excluding hydrogens is 282 g/mol. The maximum Gasteiger partial charge on any atom is 0.304 e. The Morgan fingerprint density at radius 3 is 2.55 bits per heavy atom. The van der Waals surface area contributed by atoms with Crippen molar-refractivity contribution >= 4 is 16.0 Å². The Morgan fingerprint density at radius 2 is 1.95 bits per heavy atom. The summed E-state index contributed by atoms with van der Waals surface area (Å²) in [4.78, 5) is 10.4. The van der Waals surface area contributed by atoms with Crippen LogP contribution in [0.5, 0.6) is 0 Å². The average Bonchev–Trinajstić information content (AvgIpc) is 2.42. The molecule has 0 aliphatic heterocycles. The third-order valence-corrected chi connectivity index (χ3v) is 3.97. The first-order valence-corrected chi connectivity index (χ1v) is 7.93. The molecule has 2 N–H and O–H groups in total. The molecule has 112 valence electrons. The molecule has 0 amide bonds. The van der Waals surface area contributed by atoms with Crippen molar-refractivity contribution < 1.29 is 23.1 Å². The van der Waals surface area contributed by atoms with Crippen LogP contribution in [0, 0.1) is 0 Å². The molecule has 0 saturated heterocycles. The molecule has 0 aliphatic rings. The molecular formula is C13H19NO5S. The highest BCUT2D eigenvalue weighted by Crippen LogP contribution is 2.10. The third-order valence-electron chi connectivity index (χ3n) is 2.65. The lowest BCUT2D eigenvalue weighted by molar-refractivity contribution is -0.136. The molecule has 0 fully saturated rings. The van der Waals surface area contributed by atoms with Crippen molar-refractivity contribution in [3.05, 3.63) is 35.4 Å². The van der Waals surface area contributed by atoms with E-state index in [0.717, 1.165) is 11.1 Å². The summed E-state index contributed by atoms with van der Waals surface area (Å²) < 4.78 is 31.0. The van der Waals surface area contributed by atoms with E-state index in [2.05, 4.69) is 4.72 Å². The van der Waals surface area contributed by atoms with Gasteiger partial charge in [-0.2, -0.15) is 0 Å². The Morgan fingerprint density at radius 1 is 1.30 bits per heavy atom. The van der Waals surface area contributed by atoms with Crippen LogP contribution in [0.2, 0.25) is 0 Å². The highest BCUT2D eigenvalue weighted by Gasteiger charge is 2.13. The molecule has 0 bridgehead atoms. The molecule has 0 heterocycles. The van der Waals surface area contributed by atoms with Gasteiger partial charge in [0.2, 0.25) is 10.0 Å². The average molecular weight is 301 g/mol. The predicted octanol–water partition coefficient (Wildman–Crippen LogP) is 1.12. The number of hydrogen-bond donors (Lipinski definition) is 2. The number of ether oxygens (including phenoxy) is 1. The Hall–Kier alpha value is -1.44. The van der Waals surface area contributed by atoms with E-state index in [-0.39, 0.29) is 6.54 Å². The first-order valence-electron chi connectivity index (χ1n) is 6.28. The van der Waals surface area contributed by atoms with Gasteiger partial charge < -0.3 is 9.84 Å². The number of carboxylic acid groups (broad SMARTS) is 1. The van der Waals surface area contributed by atoms with E-state index >= 15 is 0 Å². The molecule has 0 aliphatic carbocycles. The molecule has 0 spiro atoms. The molecule has 1 aromatic rings. The number of nitrogens with one attached hydrogen (secondary N) is 1. The fourth-order valence-electron chi connectivity index (χ4n) is 1.56. The SMILES string of the molecule is CCOCc1ccccc1CNS(=O)(=O)CCC(=O)O. The minimum Gasteiger partial charge on any atom is -0.481 e. The third kappa shape index (κ3) is 6.14. The number of carboxylic acids is 1. The van der Waals surface area contributed by atoms with Crippen LogP contribution >= 0.6 is 0 Å². The summed E-state index contributed by atoms with van der Waals surface area (Å²) in [7, 11) is -3.58. The molecule has 7 heteroatoms. The lowest BCUT2D eigenvalue weighted by atomic mass is 10.1. The highest BCUT2D eigenvalue weighted by atomic mass is 32.2. The van der Waals surface area contributed by atoms with Crippen molar-refractivity contribution in [2.24, 2.45) is 0 Å². The van der Waals surface area contributed by atoms with Gasteiger partial charge in [-0.3, -0.25) is 4.79 Å². The lowest BCUT2D eigenvalue weighted by Crippen LogP contribution is -2.27. The van der Waals surface area contributed by atoms with E-state index in [9.17, 15) is 13.2 Å². The summed E-state index contributed by atoms with van der Waals surface area (Å²) in [5.74, 6) is -1.55. The quantitative estimate of drug-likeness (QED) is 0.713.